The maximum Gasteiger partial charge on any atom is 0.332 e. The van der Waals surface area contributed by atoms with Gasteiger partial charge in [-0.25, -0.2) is 10.2 Å². The number of hydrogen-bond acceptors (Lipinski definition) is 2. The molecule has 0 saturated heterocycles. The largest absolute Gasteiger partial charge is 0.350 e. The Hall–Kier alpha value is -2.36. The summed E-state index contributed by atoms with van der Waals surface area (Å²) in [6, 6.07) is 14.1. The molecule has 0 aliphatic heterocycles. The van der Waals surface area contributed by atoms with E-state index in [1.165, 1.54) is 16.3 Å². The van der Waals surface area contributed by atoms with Crippen LogP contribution in [0.1, 0.15) is 18.9 Å². The van der Waals surface area contributed by atoms with Crippen LogP contribution in [0.5, 0.6) is 0 Å². The smallest absolute Gasteiger partial charge is 0.332 e. The molecule has 2 rings (SSSR count). The first kappa shape index (κ1) is 13.1. The quantitative estimate of drug-likeness (QED) is 0.640. The van der Waals surface area contributed by atoms with Crippen LogP contribution in [0.4, 0.5) is 4.79 Å². The number of carbonyl (C=O) groups is 1. The second-order valence-electron chi connectivity index (χ2n) is 4.50. The summed E-state index contributed by atoms with van der Waals surface area (Å²) < 4.78 is 0. The highest BCUT2D eigenvalue weighted by Crippen LogP contribution is 2.16. The number of aryl methyl sites for hydroxylation is 1. The fourth-order valence-electron chi connectivity index (χ4n) is 1.93. The summed E-state index contributed by atoms with van der Waals surface area (Å²) in [6.07, 6.45) is 1.68. The summed E-state index contributed by atoms with van der Waals surface area (Å²) in [5.74, 6) is 0. The van der Waals surface area contributed by atoms with Crippen LogP contribution in [-0.2, 0) is 6.42 Å². The highest BCUT2D eigenvalue weighted by atomic mass is 16.2. The fraction of sp³-hybridized carbons (Fsp3) is 0.200. The number of fused-ring (bicyclic) bond motifs is 1. The van der Waals surface area contributed by atoms with Gasteiger partial charge in [0.1, 0.15) is 0 Å². The highest BCUT2D eigenvalue weighted by Gasteiger charge is 1.99. The Morgan fingerprint density at radius 3 is 2.68 bits per heavy atom. The van der Waals surface area contributed by atoms with E-state index < -0.39 is 6.03 Å². The van der Waals surface area contributed by atoms with Crippen LogP contribution in [0, 0.1) is 0 Å². The van der Waals surface area contributed by atoms with E-state index in [2.05, 4.69) is 40.9 Å². The zero-order chi connectivity index (χ0) is 13.7. The maximum absolute atomic E-state index is 10.5. The topological polar surface area (TPSA) is 67.5 Å². The van der Waals surface area contributed by atoms with Gasteiger partial charge in [0.15, 0.2) is 0 Å². The van der Waals surface area contributed by atoms with Crippen molar-refractivity contribution >= 4 is 22.5 Å². The molecular formula is C15H17N3O. The lowest BCUT2D eigenvalue weighted by Gasteiger charge is -2.04. The molecular weight excluding hydrogens is 238 g/mol. The van der Waals surface area contributed by atoms with Crippen LogP contribution in [0.3, 0.4) is 0 Å². The van der Waals surface area contributed by atoms with Gasteiger partial charge in [0, 0.05) is 5.71 Å². The summed E-state index contributed by atoms with van der Waals surface area (Å²) >= 11 is 0. The molecule has 0 heterocycles. The summed E-state index contributed by atoms with van der Waals surface area (Å²) in [5.41, 5.74) is 9.30. The van der Waals surface area contributed by atoms with Gasteiger partial charge in [-0.05, 0) is 36.1 Å². The maximum atomic E-state index is 10.5. The van der Waals surface area contributed by atoms with E-state index in [0.717, 1.165) is 18.6 Å². The van der Waals surface area contributed by atoms with Crippen LogP contribution in [0.25, 0.3) is 10.8 Å². The van der Waals surface area contributed by atoms with Gasteiger partial charge in [-0.15, -0.1) is 0 Å². The summed E-state index contributed by atoms with van der Waals surface area (Å²) in [5, 5.41) is 6.38. The van der Waals surface area contributed by atoms with E-state index in [-0.39, 0.29) is 0 Å². The number of nitrogens with two attached hydrogens (primary N) is 1. The van der Waals surface area contributed by atoms with Crippen molar-refractivity contribution in [2.45, 2.75) is 19.8 Å². The Morgan fingerprint density at radius 1 is 1.21 bits per heavy atom. The van der Waals surface area contributed by atoms with Crippen molar-refractivity contribution in [3.63, 3.8) is 0 Å². The number of nitrogens with one attached hydrogen (secondary N) is 1. The lowest BCUT2D eigenvalue weighted by molar-refractivity contribution is 0.249. The average molecular weight is 255 g/mol. The molecule has 3 N–H and O–H groups in total. The number of benzene rings is 2. The molecule has 4 heteroatoms. The standard InChI is InChI=1S/C15H17N3O/c1-11(17-18-15(16)19)6-7-12-8-9-13-4-2-3-5-14(13)10-12/h2-5,8-10H,6-7H2,1H3,(H3,16,18,19)/b17-11+. The van der Waals surface area contributed by atoms with Crippen molar-refractivity contribution in [2.75, 3.05) is 0 Å². The van der Waals surface area contributed by atoms with Gasteiger partial charge >= 0.3 is 6.03 Å². The average Bonchev–Trinajstić information content (AvgIpc) is 2.42. The first-order chi connectivity index (χ1) is 9.15. The predicted octanol–water partition coefficient (Wildman–Crippen LogP) is 2.82. The minimum atomic E-state index is -0.634. The highest BCUT2D eigenvalue weighted by molar-refractivity contribution is 5.85. The van der Waals surface area contributed by atoms with Gasteiger partial charge in [0.25, 0.3) is 0 Å². The minimum absolute atomic E-state index is 0.634. The van der Waals surface area contributed by atoms with Crippen molar-refractivity contribution in [1.82, 2.24) is 5.43 Å². The number of hydrogen-bond donors (Lipinski definition) is 2. The van der Waals surface area contributed by atoms with Gasteiger partial charge in [-0.1, -0.05) is 42.5 Å². The van der Waals surface area contributed by atoms with E-state index in [0.29, 0.717) is 0 Å². The number of urea groups is 1. The molecule has 0 aromatic heterocycles. The number of amides is 2. The molecule has 98 valence electrons. The van der Waals surface area contributed by atoms with Crippen molar-refractivity contribution < 1.29 is 4.79 Å². The third-order valence-corrected chi connectivity index (χ3v) is 2.95. The third-order valence-electron chi connectivity index (χ3n) is 2.95. The molecule has 0 radical (unpaired) electrons. The van der Waals surface area contributed by atoms with Crippen LogP contribution < -0.4 is 11.2 Å². The summed E-state index contributed by atoms with van der Waals surface area (Å²) in [4.78, 5) is 10.5. The molecule has 2 aromatic rings. The van der Waals surface area contributed by atoms with Crippen molar-refractivity contribution in [2.24, 2.45) is 10.8 Å². The zero-order valence-electron chi connectivity index (χ0n) is 10.9. The number of carbonyl (C=O) groups excluding carboxylic acids is 1. The number of hydrazone groups is 1. The predicted molar refractivity (Wildman–Crippen MR) is 78.1 cm³/mol. The molecule has 4 nitrogen and oxygen atoms in total. The second kappa shape index (κ2) is 6.00. The van der Waals surface area contributed by atoms with Gasteiger partial charge < -0.3 is 5.73 Å². The monoisotopic (exact) mass is 255 g/mol. The first-order valence-electron chi connectivity index (χ1n) is 6.21. The number of primary amides is 1. The van der Waals surface area contributed by atoms with Gasteiger partial charge in [-0.3, -0.25) is 0 Å². The molecule has 0 aliphatic carbocycles. The Morgan fingerprint density at radius 2 is 1.95 bits per heavy atom. The Bertz CT molecular complexity index is 620. The van der Waals surface area contributed by atoms with E-state index in [4.69, 9.17) is 5.73 Å². The Labute approximate surface area is 112 Å². The zero-order valence-corrected chi connectivity index (χ0v) is 10.9. The molecule has 2 amide bonds. The molecule has 0 fully saturated rings. The van der Waals surface area contributed by atoms with Crippen molar-refractivity contribution in [3.05, 3.63) is 48.0 Å². The van der Waals surface area contributed by atoms with E-state index >= 15 is 0 Å². The molecule has 2 aromatic carbocycles. The molecule has 19 heavy (non-hydrogen) atoms. The number of rotatable bonds is 4. The van der Waals surface area contributed by atoms with E-state index in [9.17, 15) is 4.79 Å². The molecule has 0 atom stereocenters. The van der Waals surface area contributed by atoms with Crippen LogP contribution in [0.15, 0.2) is 47.6 Å². The summed E-state index contributed by atoms with van der Waals surface area (Å²) in [6.45, 7) is 1.87. The van der Waals surface area contributed by atoms with Gasteiger partial charge in [0.05, 0.1) is 0 Å². The molecule has 0 saturated carbocycles. The van der Waals surface area contributed by atoms with Crippen LogP contribution in [0.2, 0.25) is 0 Å². The van der Waals surface area contributed by atoms with E-state index in [1.807, 2.05) is 19.1 Å². The van der Waals surface area contributed by atoms with Gasteiger partial charge in [-0.2, -0.15) is 5.10 Å². The fourth-order valence-corrected chi connectivity index (χ4v) is 1.93. The van der Waals surface area contributed by atoms with E-state index in [1.54, 1.807) is 0 Å². The number of nitrogens with zero attached hydrogens (tertiary/aromatic N) is 1. The molecule has 0 unspecified atom stereocenters. The lowest BCUT2D eigenvalue weighted by atomic mass is 10.0. The van der Waals surface area contributed by atoms with Crippen LogP contribution >= 0.6 is 0 Å². The van der Waals surface area contributed by atoms with Crippen LogP contribution in [-0.4, -0.2) is 11.7 Å². The Balaban J connectivity index is 2.01. The lowest BCUT2D eigenvalue weighted by Crippen LogP contribution is -2.25. The first-order valence-corrected chi connectivity index (χ1v) is 6.21. The molecule has 0 aliphatic rings. The van der Waals surface area contributed by atoms with Crippen molar-refractivity contribution in [3.8, 4) is 0 Å². The minimum Gasteiger partial charge on any atom is -0.350 e. The molecule has 0 spiro atoms. The van der Waals surface area contributed by atoms with Gasteiger partial charge in [0.2, 0.25) is 0 Å². The third kappa shape index (κ3) is 3.81. The van der Waals surface area contributed by atoms with Crippen molar-refractivity contribution in [1.29, 1.82) is 0 Å². The summed E-state index contributed by atoms with van der Waals surface area (Å²) in [7, 11) is 0. The second-order valence-corrected chi connectivity index (χ2v) is 4.50. The normalized spacial score (nSPS) is 11.5. The molecule has 0 bridgehead atoms. The Kier molecular flexibility index (Phi) is 4.13. The SMILES string of the molecule is C/C(CCc1ccc2ccccc2c1)=N\NC(N)=O.